The number of rotatable bonds is 7. The van der Waals surface area contributed by atoms with E-state index in [1.807, 2.05) is 13.0 Å². The van der Waals surface area contributed by atoms with Crippen molar-refractivity contribution in [3.05, 3.63) is 36.3 Å². The van der Waals surface area contributed by atoms with Crippen LogP contribution in [0.3, 0.4) is 0 Å². The third kappa shape index (κ3) is 4.81. The summed E-state index contributed by atoms with van der Waals surface area (Å²) in [6.45, 7) is 10.0. The zero-order valence-corrected chi connectivity index (χ0v) is 9.45. The van der Waals surface area contributed by atoms with E-state index in [-0.39, 0.29) is 0 Å². The van der Waals surface area contributed by atoms with Crippen LogP contribution in [0, 0.1) is 0 Å². The average molecular weight is 209 g/mol. The topological polar surface area (TPSA) is 34.4 Å². The Morgan fingerprint density at radius 1 is 1.67 bits per heavy atom. The lowest BCUT2D eigenvalue weighted by molar-refractivity contribution is 0.156. The Morgan fingerprint density at radius 3 is 3.07 bits per heavy atom. The van der Waals surface area contributed by atoms with Crippen LogP contribution in [0.25, 0.3) is 0 Å². The van der Waals surface area contributed by atoms with Crippen LogP contribution in [-0.4, -0.2) is 19.8 Å². The smallest absolute Gasteiger partial charge is 0.0950 e. The van der Waals surface area contributed by atoms with Crippen molar-refractivity contribution in [2.45, 2.75) is 19.9 Å². The van der Waals surface area contributed by atoms with Gasteiger partial charge in [0.1, 0.15) is 0 Å². The van der Waals surface area contributed by atoms with Crippen LogP contribution in [-0.2, 0) is 4.74 Å². The van der Waals surface area contributed by atoms with Gasteiger partial charge in [0.2, 0.25) is 0 Å². The van der Waals surface area contributed by atoms with Gasteiger partial charge in [-0.25, -0.2) is 0 Å². The monoisotopic (exact) mass is 209 g/mol. The Balaban J connectivity index is 2.08. The van der Waals surface area contributed by atoms with Crippen LogP contribution in [0.1, 0.15) is 25.5 Å². The van der Waals surface area contributed by atoms with Gasteiger partial charge in [0.25, 0.3) is 0 Å². The first-order valence-electron chi connectivity index (χ1n) is 5.17. The van der Waals surface area contributed by atoms with Gasteiger partial charge in [-0.2, -0.15) is 0 Å². The van der Waals surface area contributed by atoms with Gasteiger partial charge in [-0.15, -0.1) is 0 Å². The van der Waals surface area contributed by atoms with E-state index >= 15 is 0 Å². The van der Waals surface area contributed by atoms with Gasteiger partial charge in [0.15, 0.2) is 0 Å². The Kier molecular flexibility index (Phi) is 5.15. The van der Waals surface area contributed by atoms with Gasteiger partial charge < -0.3 is 14.5 Å². The van der Waals surface area contributed by atoms with E-state index in [1.165, 1.54) is 0 Å². The highest BCUT2D eigenvalue weighted by molar-refractivity contribution is 5.09. The van der Waals surface area contributed by atoms with Crippen molar-refractivity contribution in [3.63, 3.8) is 0 Å². The minimum absolute atomic E-state index is 0.303. The van der Waals surface area contributed by atoms with Crippen molar-refractivity contribution in [3.8, 4) is 0 Å². The molecule has 0 spiro atoms. The highest BCUT2D eigenvalue weighted by atomic mass is 16.5. The molecule has 3 nitrogen and oxygen atoms in total. The molecule has 1 atom stereocenters. The molecule has 1 N–H and O–H groups in total. The Labute approximate surface area is 91.1 Å². The second-order valence-electron chi connectivity index (χ2n) is 3.74. The molecular weight excluding hydrogens is 190 g/mol. The van der Waals surface area contributed by atoms with E-state index in [9.17, 15) is 0 Å². The van der Waals surface area contributed by atoms with Gasteiger partial charge in [-0.3, -0.25) is 0 Å². The molecule has 1 unspecified atom stereocenters. The van der Waals surface area contributed by atoms with Gasteiger partial charge in [0.05, 0.1) is 25.7 Å². The first kappa shape index (κ1) is 12.0. The predicted octanol–water partition coefficient (Wildman–Crippen LogP) is 2.52. The van der Waals surface area contributed by atoms with Crippen molar-refractivity contribution in [1.82, 2.24) is 5.32 Å². The fraction of sp³-hybridized carbons (Fsp3) is 0.500. The number of furan rings is 1. The molecule has 84 valence electrons. The summed E-state index contributed by atoms with van der Waals surface area (Å²) in [6.07, 6.45) is 3.44. The maximum absolute atomic E-state index is 5.38. The summed E-state index contributed by atoms with van der Waals surface area (Å²) in [6, 6.07) is 2.27. The molecule has 0 aliphatic carbocycles. The summed E-state index contributed by atoms with van der Waals surface area (Å²) in [5.74, 6) is 0. The predicted molar refractivity (Wildman–Crippen MR) is 60.8 cm³/mol. The minimum atomic E-state index is 0.303. The first-order chi connectivity index (χ1) is 7.20. The fourth-order valence-electron chi connectivity index (χ4n) is 1.23. The zero-order chi connectivity index (χ0) is 11.1. The van der Waals surface area contributed by atoms with Crippen molar-refractivity contribution in [2.24, 2.45) is 0 Å². The van der Waals surface area contributed by atoms with Crippen LogP contribution in [0.5, 0.6) is 0 Å². The van der Waals surface area contributed by atoms with Crippen molar-refractivity contribution < 1.29 is 9.15 Å². The maximum atomic E-state index is 5.38. The molecule has 0 saturated carbocycles. The number of hydrogen-bond acceptors (Lipinski definition) is 3. The van der Waals surface area contributed by atoms with Gasteiger partial charge in [-0.05, 0) is 19.9 Å². The zero-order valence-electron chi connectivity index (χ0n) is 9.45. The SMILES string of the molecule is C=C(C)COCCNC(C)c1ccoc1. The van der Waals surface area contributed by atoms with Gasteiger partial charge in [-0.1, -0.05) is 12.2 Å². The molecule has 1 heterocycles. The van der Waals surface area contributed by atoms with Crippen LogP contribution >= 0.6 is 0 Å². The standard InChI is InChI=1S/C12H19NO2/c1-10(2)8-15-7-5-13-11(3)12-4-6-14-9-12/h4,6,9,11,13H,1,5,7-8H2,2-3H3. The largest absolute Gasteiger partial charge is 0.472 e. The van der Waals surface area contributed by atoms with Crippen LogP contribution < -0.4 is 5.32 Å². The molecule has 1 aromatic heterocycles. The molecule has 0 fully saturated rings. The minimum Gasteiger partial charge on any atom is -0.472 e. The van der Waals surface area contributed by atoms with E-state index in [1.54, 1.807) is 12.5 Å². The van der Waals surface area contributed by atoms with E-state index in [4.69, 9.17) is 9.15 Å². The summed E-state index contributed by atoms with van der Waals surface area (Å²) in [7, 11) is 0. The van der Waals surface area contributed by atoms with E-state index < -0.39 is 0 Å². The van der Waals surface area contributed by atoms with Crippen LogP contribution in [0.15, 0.2) is 35.2 Å². The molecule has 1 rings (SSSR count). The molecule has 1 aromatic rings. The van der Waals surface area contributed by atoms with Gasteiger partial charge in [0, 0.05) is 18.2 Å². The summed E-state index contributed by atoms with van der Waals surface area (Å²) in [4.78, 5) is 0. The summed E-state index contributed by atoms with van der Waals surface area (Å²) < 4.78 is 10.4. The Hall–Kier alpha value is -1.06. The highest BCUT2D eigenvalue weighted by Crippen LogP contribution is 2.11. The quantitative estimate of drug-likeness (QED) is 0.553. The van der Waals surface area contributed by atoms with E-state index in [0.29, 0.717) is 19.3 Å². The highest BCUT2D eigenvalue weighted by Gasteiger charge is 2.04. The lowest BCUT2D eigenvalue weighted by Gasteiger charge is -2.11. The number of ether oxygens (including phenoxy) is 1. The summed E-state index contributed by atoms with van der Waals surface area (Å²) in [5, 5.41) is 3.34. The fourth-order valence-corrected chi connectivity index (χ4v) is 1.23. The number of hydrogen-bond donors (Lipinski definition) is 1. The Morgan fingerprint density at radius 2 is 2.47 bits per heavy atom. The third-order valence-corrected chi connectivity index (χ3v) is 2.09. The van der Waals surface area contributed by atoms with Crippen molar-refractivity contribution >= 4 is 0 Å². The second kappa shape index (κ2) is 6.43. The summed E-state index contributed by atoms with van der Waals surface area (Å²) >= 11 is 0. The molecule has 0 bridgehead atoms. The molecule has 0 radical (unpaired) electrons. The molecule has 0 saturated heterocycles. The first-order valence-corrected chi connectivity index (χ1v) is 5.17. The lowest BCUT2D eigenvalue weighted by Crippen LogP contribution is -2.23. The Bertz CT molecular complexity index is 280. The van der Waals surface area contributed by atoms with Crippen LogP contribution in [0.2, 0.25) is 0 Å². The third-order valence-electron chi connectivity index (χ3n) is 2.09. The van der Waals surface area contributed by atoms with E-state index in [0.717, 1.165) is 17.7 Å². The summed E-state index contributed by atoms with van der Waals surface area (Å²) in [5.41, 5.74) is 2.22. The number of nitrogens with one attached hydrogen (secondary N) is 1. The molecular formula is C12H19NO2. The molecule has 0 aromatic carbocycles. The average Bonchev–Trinajstić information content (AvgIpc) is 2.69. The molecule has 0 amide bonds. The molecule has 3 heteroatoms. The molecule has 0 aliphatic heterocycles. The normalized spacial score (nSPS) is 12.7. The maximum Gasteiger partial charge on any atom is 0.0950 e. The van der Waals surface area contributed by atoms with E-state index in [2.05, 4.69) is 18.8 Å². The second-order valence-corrected chi connectivity index (χ2v) is 3.74. The van der Waals surface area contributed by atoms with Crippen LogP contribution in [0.4, 0.5) is 0 Å². The van der Waals surface area contributed by atoms with Crippen molar-refractivity contribution in [1.29, 1.82) is 0 Å². The van der Waals surface area contributed by atoms with Crippen molar-refractivity contribution in [2.75, 3.05) is 19.8 Å². The molecule has 0 aliphatic rings. The lowest BCUT2D eigenvalue weighted by atomic mass is 10.2. The molecule has 15 heavy (non-hydrogen) atoms. The van der Waals surface area contributed by atoms with Gasteiger partial charge >= 0.3 is 0 Å².